The molecule has 6 nitrogen and oxygen atoms in total. The first-order valence-corrected chi connectivity index (χ1v) is 6.57. The molecule has 1 heterocycles. The van der Waals surface area contributed by atoms with Crippen LogP contribution in [0.4, 0.5) is 4.79 Å². The Labute approximate surface area is 107 Å². The summed E-state index contributed by atoms with van der Waals surface area (Å²) in [6.07, 6.45) is 3.51. The molecule has 0 bridgehead atoms. The van der Waals surface area contributed by atoms with Crippen molar-refractivity contribution in [1.82, 2.24) is 15.5 Å². The van der Waals surface area contributed by atoms with Gasteiger partial charge in [-0.3, -0.25) is 9.69 Å². The number of nitrogens with one attached hydrogen (secondary N) is 2. The second-order valence-electron chi connectivity index (χ2n) is 5.33. The van der Waals surface area contributed by atoms with E-state index in [-0.39, 0.29) is 24.5 Å². The Morgan fingerprint density at radius 1 is 1.39 bits per heavy atom. The summed E-state index contributed by atoms with van der Waals surface area (Å²) in [5.41, 5.74) is 0. The van der Waals surface area contributed by atoms with E-state index in [9.17, 15) is 9.59 Å². The third kappa shape index (κ3) is 3.87. The molecule has 1 saturated carbocycles. The molecule has 1 saturated heterocycles. The summed E-state index contributed by atoms with van der Waals surface area (Å²) < 4.78 is 0. The minimum Gasteiger partial charge on any atom is -0.481 e. The van der Waals surface area contributed by atoms with E-state index in [0.29, 0.717) is 0 Å². The average molecular weight is 255 g/mol. The molecule has 2 amide bonds. The number of likely N-dealkylation sites (tertiary alicyclic amines) is 1. The fraction of sp³-hybridized carbons (Fsp3) is 0.833. The number of rotatable bonds is 5. The van der Waals surface area contributed by atoms with Gasteiger partial charge in [0.2, 0.25) is 0 Å². The number of nitrogens with zero attached hydrogens (tertiary/aromatic N) is 1. The molecule has 2 aliphatic rings. The molecule has 0 aromatic heterocycles. The molecule has 0 radical (unpaired) electrons. The Balaban J connectivity index is 1.66. The molecule has 2 fully saturated rings. The first kappa shape index (κ1) is 13.1. The third-order valence-electron chi connectivity index (χ3n) is 3.48. The van der Waals surface area contributed by atoms with Crippen molar-refractivity contribution in [3.8, 4) is 0 Å². The smallest absolute Gasteiger partial charge is 0.315 e. The Kier molecular flexibility index (Phi) is 4.06. The van der Waals surface area contributed by atoms with Crippen LogP contribution in [0.5, 0.6) is 0 Å². The molecule has 2 unspecified atom stereocenters. The Morgan fingerprint density at radius 3 is 2.72 bits per heavy atom. The molecule has 0 aromatic rings. The first-order valence-electron chi connectivity index (χ1n) is 6.57. The van der Waals surface area contributed by atoms with Crippen molar-refractivity contribution in [2.24, 2.45) is 0 Å². The summed E-state index contributed by atoms with van der Waals surface area (Å²) in [5.74, 6) is -0.899. The van der Waals surface area contributed by atoms with Gasteiger partial charge in [0.15, 0.2) is 0 Å². The number of hydrogen-bond donors (Lipinski definition) is 3. The number of aliphatic carboxylic acids is 1. The normalized spacial score (nSPS) is 25.7. The Morgan fingerprint density at radius 2 is 2.11 bits per heavy atom. The molecule has 0 aromatic carbocycles. The lowest BCUT2D eigenvalue weighted by Gasteiger charge is -2.18. The second-order valence-corrected chi connectivity index (χ2v) is 5.33. The Bertz CT molecular complexity index is 331. The fourth-order valence-corrected chi connectivity index (χ4v) is 2.44. The van der Waals surface area contributed by atoms with Crippen LogP contribution >= 0.6 is 0 Å². The Hall–Kier alpha value is -1.30. The van der Waals surface area contributed by atoms with Gasteiger partial charge in [0, 0.05) is 31.2 Å². The first-order chi connectivity index (χ1) is 8.54. The lowest BCUT2D eigenvalue weighted by atomic mass is 10.2. The van der Waals surface area contributed by atoms with Crippen LogP contribution in [-0.4, -0.2) is 53.2 Å². The minimum atomic E-state index is -0.899. The molecule has 102 valence electrons. The van der Waals surface area contributed by atoms with Gasteiger partial charge in [0.1, 0.15) is 0 Å². The quantitative estimate of drug-likeness (QED) is 0.663. The number of hydrogen-bond acceptors (Lipinski definition) is 3. The van der Waals surface area contributed by atoms with Gasteiger partial charge < -0.3 is 15.7 Å². The molecule has 2 atom stereocenters. The van der Waals surface area contributed by atoms with Crippen LogP contribution in [0.25, 0.3) is 0 Å². The standard InChI is InChI=1S/C12H21N3O3/c1-8(6-11(16)17)13-12(18)14-9-4-5-15(7-9)10-2-3-10/h8-10H,2-7H2,1H3,(H,16,17)(H2,13,14,18). The van der Waals surface area contributed by atoms with E-state index in [1.807, 2.05) is 0 Å². The van der Waals surface area contributed by atoms with Crippen LogP contribution < -0.4 is 10.6 Å². The van der Waals surface area contributed by atoms with Crippen molar-refractivity contribution >= 4 is 12.0 Å². The largest absolute Gasteiger partial charge is 0.481 e. The monoisotopic (exact) mass is 255 g/mol. The summed E-state index contributed by atoms with van der Waals surface area (Å²) in [6, 6.07) is 0.336. The molecule has 6 heteroatoms. The molecule has 2 rings (SSSR count). The van der Waals surface area contributed by atoms with Gasteiger partial charge in [-0.1, -0.05) is 0 Å². The molecule has 0 spiro atoms. The molecular weight excluding hydrogens is 234 g/mol. The van der Waals surface area contributed by atoms with Crippen molar-refractivity contribution < 1.29 is 14.7 Å². The van der Waals surface area contributed by atoms with E-state index in [2.05, 4.69) is 15.5 Å². The summed E-state index contributed by atoms with van der Waals surface area (Å²) in [6.45, 7) is 3.67. The van der Waals surface area contributed by atoms with Gasteiger partial charge in [-0.2, -0.15) is 0 Å². The van der Waals surface area contributed by atoms with E-state index in [4.69, 9.17) is 5.11 Å². The number of urea groups is 1. The van der Waals surface area contributed by atoms with Crippen molar-refractivity contribution in [2.45, 2.75) is 50.7 Å². The van der Waals surface area contributed by atoms with E-state index in [0.717, 1.165) is 25.6 Å². The van der Waals surface area contributed by atoms with Crippen molar-refractivity contribution in [2.75, 3.05) is 13.1 Å². The minimum absolute atomic E-state index is 0.0493. The van der Waals surface area contributed by atoms with Gasteiger partial charge in [-0.05, 0) is 26.2 Å². The van der Waals surface area contributed by atoms with Crippen LogP contribution in [0.15, 0.2) is 0 Å². The molecular formula is C12H21N3O3. The van der Waals surface area contributed by atoms with Gasteiger partial charge in [-0.15, -0.1) is 0 Å². The van der Waals surface area contributed by atoms with Crippen molar-refractivity contribution in [3.63, 3.8) is 0 Å². The molecule has 1 aliphatic carbocycles. The molecule has 3 N–H and O–H groups in total. The molecule has 1 aliphatic heterocycles. The SMILES string of the molecule is CC(CC(=O)O)NC(=O)NC1CCN(C2CC2)C1. The van der Waals surface area contributed by atoms with E-state index in [1.54, 1.807) is 6.92 Å². The summed E-state index contributed by atoms with van der Waals surface area (Å²) in [7, 11) is 0. The van der Waals surface area contributed by atoms with Gasteiger partial charge >= 0.3 is 12.0 Å². The summed E-state index contributed by atoms with van der Waals surface area (Å²) >= 11 is 0. The number of amides is 2. The lowest BCUT2D eigenvalue weighted by molar-refractivity contribution is -0.137. The van der Waals surface area contributed by atoms with Crippen LogP contribution in [-0.2, 0) is 4.79 Å². The van der Waals surface area contributed by atoms with Gasteiger partial charge in [0.05, 0.1) is 6.42 Å². The maximum absolute atomic E-state index is 11.6. The van der Waals surface area contributed by atoms with Crippen LogP contribution in [0.1, 0.15) is 32.6 Å². The lowest BCUT2D eigenvalue weighted by Crippen LogP contribution is -2.46. The molecule has 18 heavy (non-hydrogen) atoms. The predicted octanol–water partition coefficient (Wildman–Crippen LogP) is 0.386. The number of carboxylic acid groups (broad SMARTS) is 1. The third-order valence-corrected chi connectivity index (χ3v) is 3.48. The average Bonchev–Trinajstić information content (AvgIpc) is 2.99. The number of carboxylic acids is 1. The predicted molar refractivity (Wildman–Crippen MR) is 66.4 cm³/mol. The summed E-state index contributed by atoms with van der Waals surface area (Å²) in [5, 5.41) is 14.2. The van der Waals surface area contributed by atoms with Gasteiger partial charge in [-0.25, -0.2) is 4.79 Å². The topological polar surface area (TPSA) is 81.7 Å². The maximum atomic E-state index is 11.6. The van der Waals surface area contributed by atoms with E-state index < -0.39 is 5.97 Å². The maximum Gasteiger partial charge on any atom is 0.315 e. The highest BCUT2D eigenvalue weighted by Crippen LogP contribution is 2.29. The number of carbonyl (C=O) groups is 2. The van der Waals surface area contributed by atoms with Gasteiger partial charge in [0.25, 0.3) is 0 Å². The van der Waals surface area contributed by atoms with E-state index >= 15 is 0 Å². The summed E-state index contributed by atoms with van der Waals surface area (Å²) in [4.78, 5) is 24.6. The van der Waals surface area contributed by atoms with Crippen LogP contribution in [0.2, 0.25) is 0 Å². The van der Waals surface area contributed by atoms with Crippen LogP contribution in [0.3, 0.4) is 0 Å². The zero-order valence-corrected chi connectivity index (χ0v) is 10.7. The fourth-order valence-electron chi connectivity index (χ4n) is 2.44. The number of carbonyl (C=O) groups excluding carboxylic acids is 1. The van der Waals surface area contributed by atoms with Crippen molar-refractivity contribution in [3.05, 3.63) is 0 Å². The zero-order valence-electron chi connectivity index (χ0n) is 10.7. The zero-order chi connectivity index (χ0) is 13.1. The highest BCUT2D eigenvalue weighted by Gasteiger charge is 2.34. The van der Waals surface area contributed by atoms with Crippen LogP contribution in [0, 0.1) is 0 Å². The second kappa shape index (κ2) is 5.56. The van der Waals surface area contributed by atoms with E-state index in [1.165, 1.54) is 12.8 Å². The highest BCUT2D eigenvalue weighted by molar-refractivity contribution is 5.76. The van der Waals surface area contributed by atoms with Crippen molar-refractivity contribution in [1.29, 1.82) is 0 Å². The highest BCUT2D eigenvalue weighted by atomic mass is 16.4.